The summed E-state index contributed by atoms with van der Waals surface area (Å²) >= 11 is 0. The molecule has 142 valence electrons. The standard InChI is InChI=1S/C22H28N4O/c1-5-6-10-26-11-8-17-18(26)7-9-23-21(17)24-20-14(2)12-16-13-25(4)22(27)19(16)15(20)3/h7-9,11-12,22,27H,5-6,10,13H2,1-4H3,(H,23,24). The number of aryl methyl sites for hydroxylation is 2. The number of hydrogen-bond acceptors (Lipinski definition) is 4. The summed E-state index contributed by atoms with van der Waals surface area (Å²) in [5.74, 6) is 0.870. The third-order valence-electron chi connectivity index (χ3n) is 5.70. The first kappa shape index (κ1) is 18.0. The van der Waals surface area contributed by atoms with Gasteiger partial charge in [0.2, 0.25) is 0 Å². The smallest absolute Gasteiger partial charge is 0.139 e. The second-order valence-electron chi connectivity index (χ2n) is 7.64. The van der Waals surface area contributed by atoms with E-state index in [9.17, 15) is 5.11 Å². The van der Waals surface area contributed by atoms with E-state index in [1.165, 1.54) is 29.5 Å². The molecule has 1 unspecified atom stereocenters. The summed E-state index contributed by atoms with van der Waals surface area (Å²) in [6.07, 6.45) is 5.82. The van der Waals surface area contributed by atoms with Crippen molar-refractivity contribution in [3.63, 3.8) is 0 Å². The first-order valence-corrected chi connectivity index (χ1v) is 9.73. The average Bonchev–Trinajstić information content (AvgIpc) is 3.18. The molecular weight excluding hydrogens is 336 g/mol. The van der Waals surface area contributed by atoms with Gasteiger partial charge in [0.05, 0.1) is 5.52 Å². The van der Waals surface area contributed by atoms with E-state index in [4.69, 9.17) is 0 Å². The molecule has 27 heavy (non-hydrogen) atoms. The van der Waals surface area contributed by atoms with Gasteiger partial charge in [-0.05, 0) is 56.1 Å². The Balaban J connectivity index is 1.74. The summed E-state index contributed by atoms with van der Waals surface area (Å²) < 4.78 is 2.30. The van der Waals surface area contributed by atoms with Crippen LogP contribution in [-0.2, 0) is 13.1 Å². The zero-order valence-corrected chi connectivity index (χ0v) is 16.6. The van der Waals surface area contributed by atoms with E-state index in [1.807, 2.05) is 18.1 Å². The molecule has 0 radical (unpaired) electrons. The highest BCUT2D eigenvalue weighted by Gasteiger charge is 2.29. The van der Waals surface area contributed by atoms with Gasteiger partial charge in [-0.2, -0.15) is 0 Å². The third-order valence-corrected chi connectivity index (χ3v) is 5.70. The Morgan fingerprint density at radius 3 is 2.89 bits per heavy atom. The summed E-state index contributed by atoms with van der Waals surface area (Å²) in [6, 6.07) is 6.40. The quantitative estimate of drug-likeness (QED) is 0.693. The van der Waals surface area contributed by atoms with Gasteiger partial charge in [-0.3, -0.25) is 4.90 Å². The van der Waals surface area contributed by atoms with Crippen molar-refractivity contribution in [2.45, 2.75) is 52.9 Å². The van der Waals surface area contributed by atoms with Crippen LogP contribution in [0.25, 0.3) is 10.9 Å². The van der Waals surface area contributed by atoms with E-state index >= 15 is 0 Å². The number of benzene rings is 1. The summed E-state index contributed by atoms with van der Waals surface area (Å²) in [5.41, 5.74) is 6.77. The second-order valence-corrected chi connectivity index (χ2v) is 7.64. The van der Waals surface area contributed by atoms with Crippen LogP contribution >= 0.6 is 0 Å². The lowest BCUT2D eigenvalue weighted by Gasteiger charge is -2.19. The summed E-state index contributed by atoms with van der Waals surface area (Å²) in [7, 11) is 1.95. The fraction of sp³-hybridized carbons (Fsp3) is 0.409. The van der Waals surface area contributed by atoms with Crippen LogP contribution in [0.5, 0.6) is 0 Å². The molecule has 0 bridgehead atoms. The molecule has 1 aromatic carbocycles. The number of anilines is 2. The maximum Gasteiger partial charge on any atom is 0.139 e. The number of unbranched alkanes of at least 4 members (excludes halogenated alkanes) is 1. The molecule has 1 aliphatic heterocycles. The fourth-order valence-electron chi connectivity index (χ4n) is 4.20. The molecule has 3 aromatic rings. The Kier molecular flexibility index (Phi) is 4.66. The van der Waals surface area contributed by atoms with Gasteiger partial charge in [0.15, 0.2) is 0 Å². The van der Waals surface area contributed by atoms with E-state index in [-0.39, 0.29) is 0 Å². The van der Waals surface area contributed by atoms with Gasteiger partial charge >= 0.3 is 0 Å². The van der Waals surface area contributed by atoms with E-state index in [0.29, 0.717) is 0 Å². The molecule has 0 saturated carbocycles. The van der Waals surface area contributed by atoms with E-state index in [2.05, 4.69) is 60.0 Å². The van der Waals surface area contributed by atoms with Gasteiger partial charge in [0, 0.05) is 42.1 Å². The van der Waals surface area contributed by atoms with Gasteiger partial charge in [-0.1, -0.05) is 19.4 Å². The molecule has 3 heterocycles. The van der Waals surface area contributed by atoms with Crippen LogP contribution in [0, 0.1) is 13.8 Å². The molecule has 5 heteroatoms. The number of nitrogens with zero attached hydrogens (tertiary/aromatic N) is 3. The Labute approximate surface area is 160 Å². The Morgan fingerprint density at radius 1 is 1.30 bits per heavy atom. The zero-order chi connectivity index (χ0) is 19.1. The van der Waals surface area contributed by atoms with Crippen LogP contribution in [0.2, 0.25) is 0 Å². The van der Waals surface area contributed by atoms with Crippen molar-refractivity contribution in [2.75, 3.05) is 12.4 Å². The number of fused-ring (bicyclic) bond motifs is 2. The van der Waals surface area contributed by atoms with E-state index in [0.717, 1.165) is 41.1 Å². The SMILES string of the molecule is CCCCn1ccc2c(Nc3c(C)cc4c(c3C)C(O)N(C)C4)nccc21. The largest absolute Gasteiger partial charge is 0.374 e. The van der Waals surface area contributed by atoms with E-state index in [1.54, 1.807) is 0 Å². The van der Waals surface area contributed by atoms with Crippen LogP contribution in [-0.4, -0.2) is 26.6 Å². The molecule has 1 atom stereocenters. The van der Waals surface area contributed by atoms with Gasteiger partial charge in [-0.25, -0.2) is 4.98 Å². The first-order chi connectivity index (χ1) is 13.0. The van der Waals surface area contributed by atoms with E-state index < -0.39 is 6.23 Å². The lowest BCUT2D eigenvalue weighted by Crippen LogP contribution is -2.16. The number of aliphatic hydroxyl groups excluding tert-OH is 1. The van der Waals surface area contributed by atoms with Crippen LogP contribution in [0.1, 0.15) is 48.2 Å². The van der Waals surface area contributed by atoms with Gasteiger partial charge in [-0.15, -0.1) is 0 Å². The van der Waals surface area contributed by atoms with Crippen molar-refractivity contribution < 1.29 is 5.11 Å². The highest BCUT2D eigenvalue weighted by molar-refractivity contribution is 5.92. The van der Waals surface area contributed by atoms with Crippen molar-refractivity contribution in [3.05, 3.63) is 52.8 Å². The number of nitrogens with one attached hydrogen (secondary N) is 1. The monoisotopic (exact) mass is 364 g/mol. The van der Waals surface area contributed by atoms with Crippen LogP contribution in [0.4, 0.5) is 11.5 Å². The highest BCUT2D eigenvalue weighted by atomic mass is 16.3. The third kappa shape index (κ3) is 3.01. The van der Waals surface area contributed by atoms with Gasteiger partial charge in [0.1, 0.15) is 12.0 Å². The average molecular weight is 364 g/mol. The highest BCUT2D eigenvalue weighted by Crippen LogP contribution is 2.39. The van der Waals surface area contributed by atoms with Gasteiger partial charge < -0.3 is 15.0 Å². The maximum absolute atomic E-state index is 10.5. The molecule has 2 aromatic heterocycles. The van der Waals surface area contributed by atoms with Crippen LogP contribution < -0.4 is 5.32 Å². The van der Waals surface area contributed by atoms with Crippen molar-refractivity contribution in [3.8, 4) is 0 Å². The minimum Gasteiger partial charge on any atom is -0.374 e. The Morgan fingerprint density at radius 2 is 2.11 bits per heavy atom. The summed E-state index contributed by atoms with van der Waals surface area (Å²) in [6.45, 7) is 8.23. The molecule has 0 amide bonds. The molecule has 2 N–H and O–H groups in total. The summed E-state index contributed by atoms with van der Waals surface area (Å²) in [5, 5.41) is 15.2. The lowest BCUT2D eigenvalue weighted by molar-refractivity contribution is 0.0334. The fourth-order valence-corrected chi connectivity index (χ4v) is 4.20. The number of hydrogen-bond donors (Lipinski definition) is 2. The molecule has 5 nitrogen and oxygen atoms in total. The minimum atomic E-state index is -0.542. The van der Waals surface area contributed by atoms with Crippen molar-refractivity contribution in [1.82, 2.24) is 14.5 Å². The number of aromatic nitrogens is 2. The first-order valence-electron chi connectivity index (χ1n) is 9.73. The molecule has 1 aliphatic rings. The molecule has 0 spiro atoms. The van der Waals surface area contributed by atoms with Crippen molar-refractivity contribution in [1.29, 1.82) is 0 Å². The topological polar surface area (TPSA) is 53.3 Å². The molecule has 0 fully saturated rings. The van der Waals surface area contributed by atoms with Gasteiger partial charge in [0.25, 0.3) is 0 Å². The Hall–Kier alpha value is -2.37. The number of pyridine rings is 1. The normalized spacial score (nSPS) is 16.9. The van der Waals surface area contributed by atoms with Crippen molar-refractivity contribution >= 4 is 22.4 Å². The minimum absolute atomic E-state index is 0.542. The zero-order valence-electron chi connectivity index (χ0n) is 16.6. The lowest BCUT2D eigenvalue weighted by atomic mass is 9.97. The number of rotatable bonds is 5. The van der Waals surface area contributed by atoms with Crippen LogP contribution in [0.3, 0.4) is 0 Å². The molecule has 0 saturated heterocycles. The second kappa shape index (κ2) is 6.98. The van der Waals surface area contributed by atoms with Crippen molar-refractivity contribution in [2.24, 2.45) is 0 Å². The predicted molar refractivity (Wildman–Crippen MR) is 110 cm³/mol. The predicted octanol–water partition coefficient (Wildman–Crippen LogP) is 4.63. The van der Waals surface area contributed by atoms with Crippen LogP contribution in [0.15, 0.2) is 30.6 Å². The molecule has 0 aliphatic carbocycles. The number of aliphatic hydroxyl groups is 1. The Bertz CT molecular complexity index is 992. The maximum atomic E-state index is 10.5. The summed E-state index contributed by atoms with van der Waals surface area (Å²) in [4.78, 5) is 6.57. The molecular formula is C22H28N4O. The molecule has 4 rings (SSSR count).